The molecule has 2 aliphatic heterocycles. The van der Waals surface area contributed by atoms with Gasteiger partial charge in [-0.3, -0.25) is 14.5 Å². The average molecular weight is 454 g/mol. The van der Waals surface area contributed by atoms with Crippen molar-refractivity contribution in [2.75, 3.05) is 15.6 Å². The van der Waals surface area contributed by atoms with Gasteiger partial charge in [-0.25, -0.2) is 0 Å². The fourth-order valence-electron chi connectivity index (χ4n) is 4.32. The standard InChI is InChI=1S/C24H17F3N2O2S/c25-24(26,27)17-8-6-7-16(13-17)14-28-20-12-5-4-11-19(20)23(22(28)31)29(21(30)15-32-23)18-9-2-1-3-10-18/h1-13H,14-15H2/t23-/m1/s1. The minimum Gasteiger partial charge on any atom is -0.304 e. The summed E-state index contributed by atoms with van der Waals surface area (Å²) in [4.78, 5) is 28.5. The molecule has 1 saturated heterocycles. The molecule has 1 fully saturated rings. The molecule has 3 aromatic carbocycles. The zero-order chi connectivity index (χ0) is 22.5. The summed E-state index contributed by atoms with van der Waals surface area (Å²) in [6, 6.07) is 21.1. The first-order chi connectivity index (χ1) is 15.3. The van der Waals surface area contributed by atoms with E-state index in [4.69, 9.17) is 0 Å². The first-order valence-corrected chi connectivity index (χ1v) is 10.9. The Morgan fingerprint density at radius 2 is 1.62 bits per heavy atom. The van der Waals surface area contributed by atoms with Gasteiger partial charge in [-0.15, -0.1) is 11.8 Å². The van der Waals surface area contributed by atoms with Crippen molar-refractivity contribution in [2.45, 2.75) is 17.6 Å². The monoisotopic (exact) mass is 454 g/mol. The van der Waals surface area contributed by atoms with Crippen LogP contribution in [0.2, 0.25) is 0 Å². The van der Waals surface area contributed by atoms with Gasteiger partial charge in [0.1, 0.15) is 0 Å². The third-order valence-electron chi connectivity index (χ3n) is 5.67. The van der Waals surface area contributed by atoms with Gasteiger partial charge < -0.3 is 4.90 Å². The second-order valence-corrected chi connectivity index (χ2v) is 8.77. The highest BCUT2D eigenvalue weighted by Crippen LogP contribution is 2.55. The van der Waals surface area contributed by atoms with Crippen molar-refractivity contribution in [3.63, 3.8) is 0 Å². The molecule has 0 aliphatic carbocycles. The lowest BCUT2D eigenvalue weighted by Crippen LogP contribution is -2.49. The van der Waals surface area contributed by atoms with E-state index in [-0.39, 0.29) is 24.1 Å². The van der Waals surface area contributed by atoms with E-state index in [1.54, 1.807) is 54.6 Å². The number of nitrogens with zero attached hydrogens (tertiary/aromatic N) is 2. The number of benzene rings is 3. The van der Waals surface area contributed by atoms with E-state index in [1.165, 1.54) is 27.6 Å². The summed E-state index contributed by atoms with van der Waals surface area (Å²) in [6.45, 7) is -0.0289. The molecule has 1 atom stereocenters. The predicted molar refractivity (Wildman–Crippen MR) is 117 cm³/mol. The number of alkyl halides is 3. The molecule has 3 aromatic rings. The van der Waals surface area contributed by atoms with Crippen molar-refractivity contribution in [2.24, 2.45) is 0 Å². The number of hydrogen-bond acceptors (Lipinski definition) is 3. The van der Waals surface area contributed by atoms with Crippen molar-refractivity contribution < 1.29 is 22.8 Å². The SMILES string of the molecule is O=C1CS[C@]2(C(=O)N(Cc3cccc(C(F)(F)F)c3)c3ccccc32)N1c1ccccc1. The maximum atomic E-state index is 13.9. The van der Waals surface area contributed by atoms with Gasteiger partial charge in [0.25, 0.3) is 5.91 Å². The van der Waals surface area contributed by atoms with Crippen LogP contribution in [0.5, 0.6) is 0 Å². The summed E-state index contributed by atoms with van der Waals surface area (Å²) in [6.07, 6.45) is -4.47. The molecular formula is C24H17F3N2O2S. The molecule has 0 bridgehead atoms. The Hall–Kier alpha value is -3.26. The highest BCUT2D eigenvalue weighted by atomic mass is 32.2. The normalized spacial score (nSPS) is 20.3. The van der Waals surface area contributed by atoms with E-state index in [0.717, 1.165) is 12.1 Å². The van der Waals surface area contributed by atoms with E-state index < -0.39 is 16.6 Å². The van der Waals surface area contributed by atoms with Gasteiger partial charge in [-0.05, 0) is 35.9 Å². The molecule has 0 N–H and O–H groups in total. The zero-order valence-electron chi connectivity index (χ0n) is 16.7. The number of amides is 2. The molecule has 0 unspecified atom stereocenters. The Kier molecular flexibility index (Phi) is 4.78. The molecule has 0 saturated carbocycles. The molecule has 1 spiro atoms. The smallest absolute Gasteiger partial charge is 0.304 e. The number of thioether (sulfide) groups is 1. The number of fused-ring (bicyclic) bond motifs is 2. The third-order valence-corrected chi connectivity index (χ3v) is 7.06. The van der Waals surface area contributed by atoms with Crippen LogP contribution < -0.4 is 9.80 Å². The largest absolute Gasteiger partial charge is 0.416 e. The first-order valence-electron chi connectivity index (χ1n) is 9.92. The zero-order valence-corrected chi connectivity index (χ0v) is 17.5. The Morgan fingerprint density at radius 1 is 0.906 bits per heavy atom. The van der Waals surface area contributed by atoms with Gasteiger partial charge >= 0.3 is 6.18 Å². The predicted octanol–water partition coefficient (Wildman–Crippen LogP) is 5.19. The lowest BCUT2D eigenvalue weighted by atomic mass is 10.0. The summed E-state index contributed by atoms with van der Waals surface area (Å²) >= 11 is 1.24. The molecule has 5 rings (SSSR count). The maximum Gasteiger partial charge on any atom is 0.416 e. The topological polar surface area (TPSA) is 40.6 Å². The van der Waals surface area contributed by atoms with Crippen molar-refractivity contribution >= 4 is 35.0 Å². The van der Waals surface area contributed by atoms with Crippen molar-refractivity contribution in [1.29, 1.82) is 0 Å². The van der Waals surface area contributed by atoms with Crippen molar-refractivity contribution in [3.8, 4) is 0 Å². The molecule has 32 heavy (non-hydrogen) atoms. The number of hydrogen-bond donors (Lipinski definition) is 0. The van der Waals surface area contributed by atoms with Crippen molar-refractivity contribution in [1.82, 2.24) is 0 Å². The molecule has 2 aliphatic rings. The number of carbonyl (C=O) groups excluding carboxylic acids is 2. The second-order valence-electron chi connectivity index (χ2n) is 7.60. The lowest BCUT2D eigenvalue weighted by Gasteiger charge is -2.33. The Bertz CT molecular complexity index is 1220. The quantitative estimate of drug-likeness (QED) is 0.547. The number of carbonyl (C=O) groups is 2. The lowest BCUT2D eigenvalue weighted by molar-refractivity contribution is -0.137. The summed E-state index contributed by atoms with van der Waals surface area (Å²) < 4.78 is 39.6. The molecule has 0 radical (unpaired) electrons. The Morgan fingerprint density at radius 3 is 2.38 bits per heavy atom. The van der Waals surface area contributed by atoms with Crippen LogP contribution in [-0.4, -0.2) is 17.6 Å². The van der Waals surface area contributed by atoms with Crippen LogP contribution in [0.4, 0.5) is 24.5 Å². The van der Waals surface area contributed by atoms with Crippen LogP contribution in [-0.2, 0) is 27.2 Å². The fourth-order valence-corrected chi connectivity index (χ4v) is 5.68. The molecule has 0 aromatic heterocycles. The number of anilines is 2. The van der Waals surface area contributed by atoms with Gasteiger partial charge in [0.2, 0.25) is 10.8 Å². The van der Waals surface area contributed by atoms with E-state index in [9.17, 15) is 22.8 Å². The van der Waals surface area contributed by atoms with Gasteiger partial charge in [-0.1, -0.05) is 48.5 Å². The van der Waals surface area contributed by atoms with E-state index >= 15 is 0 Å². The summed E-state index contributed by atoms with van der Waals surface area (Å²) in [5.41, 5.74) is 1.46. The highest BCUT2D eigenvalue weighted by molar-refractivity contribution is 8.02. The van der Waals surface area contributed by atoms with Crippen LogP contribution in [0.3, 0.4) is 0 Å². The number of halogens is 3. The average Bonchev–Trinajstić information content (AvgIpc) is 3.25. The molecule has 162 valence electrons. The summed E-state index contributed by atoms with van der Waals surface area (Å²) in [5, 5.41) is 0. The van der Waals surface area contributed by atoms with E-state index in [0.29, 0.717) is 22.5 Å². The van der Waals surface area contributed by atoms with Gasteiger partial charge in [0.15, 0.2) is 0 Å². The van der Waals surface area contributed by atoms with Crippen LogP contribution in [0.15, 0.2) is 78.9 Å². The second kappa shape index (κ2) is 7.41. The number of para-hydroxylation sites is 2. The van der Waals surface area contributed by atoms with Gasteiger partial charge in [0, 0.05) is 11.3 Å². The highest BCUT2D eigenvalue weighted by Gasteiger charge is 2.60. The van der Waals surface area contributed by atoms with E-state index in [1.807, 2.05) is 6.07 Å². The Labute approximate surface area is 186 Å². The Balaban J connectivity index is 1.60. The third kappa shape index (κ3) is 3.09. The van der Waals surface area contributed by atoms with Crippen LogP contribution in [0.25, 0.3) is 0 Å². The van der Waals surface area contributed by atoms with Crippen LogP contribution in [0, 0.1) is 0 Å². The molecular weight excluding hydrogens is 437 g/mol. The minimum absolute atomic E-state index is 0.0289. The van der Waals surface area contributed by atoms with Crippen molar-refractivity contribution in [3.05, 3.63) is 95.6 Å². The van der Waals surface area contributed by atoms with Gasteiger partial charge in [-0.2, -0.15) is 13.2 Å². The minimum atomic E-state index is -4.47. The molecule has 2 amide bonds. The fraction of sp³-hybridized carbons (Fsp3) is 0.167. The summed E-state index contributed by atoms with van der Waals surface area (Å²) in [7, 11) is 0. The number of rotatable bonds is 3. The summed E-state index contributed by atoms with van der Waals surface area (Å²) in [5.74, 6) is -0.395. The van der Waals surface area contributed by atoms with E-state index in [2.05, 4.69) is 0 Å². The molecule has 2 heterocycles. The molecule has 4 nitrogen and oxygen atoms in total. The first kappa shape index (κ1) is 20.6. The van der Waals surface area contributed by atoms with Crippen LogP contribution in [0.1, 0.15) is 16.7 Å². The van der Waals surface area contributed by atoms with Gasteiger partial charge in [0.05, 0.1) is 23.5 Å². The van der Waals surface area contributed by atoms with Crippen LogP contribution >= 0.6 is 11.8 Å². The maximum absolute atomic E-state index is 13.9. The molecule has 8 heteroatoms.